The summed E-state index contributed by atoms with van der Waals surface area (Å²) >= 11 is 2.02. The van der Waals surface area contributed by atoms with Gasteiger partial charge in [0.15, 0.2) is 0 Å². The predicted octanol–water partition coefficient (Wildman–Crippen LogP) is 3.86. The Hall–Kier alpha value is -0.410. The van der Waals surface area contributed by atoms with Crippen molar-refractivity contribution in [1.29, 1.82) is 0 Å². The average molecular weight is 288 g/mol. The molecule has 0 amide bonds. The van der Waals surface area contributed by atoms with Crippen LogP contribution >= 0.6 is 11.3 Å². The van der Waals surface area contributed by atoms with Gasteiger partial charge < -0.3 is 5.32 Å². The Kier molecular flexibility index (Phi) is 2.61. The zero-order valence-corrected chi connectivity index (χ0v) is 12.9. The van der Waals surface area contributed by atoms with Crippen LogP contribution in [0.3, 0.4) is 0 Å². The quantitative estimate of drug-likeness (QED) is 0.910. The average Bonchev–Trinajstić information content (AvgIpc) is 3.11. The molecule has 5 saturated carbocycles. The largest absolute Gasteiger partial charge is 0.309 e. The summed E-state index contributed by atoms with van der Waals surface area (Å²) in [5, 5.41) is 5.12. The second-order valence-corrected chi connectivity index (χ2v) is 9.10. The molecule has 108 valence electrons. The minimum Gasteiger partial charge on any atom is -0.309 e. The van der Waals surface area contributed by atoms with Crippen LogP contribution in [-0.2, 0) is 12.0 Å². The van der Waals surface area contributed by atoms with Crippen LogP contribution in [0.5, 0.6) is 0 Å². The minimum atomic E-state index is 0.497. The first-order valence-corrected chi connectivity index (χ1v) is 9.29. The van der Waals surface area contributed by atoms with Crippen LogP contribution < -0.4 is 5.32 Å². The first-order chi connectivity index (χ1) is 9.79. The molecule has 0 aromatic carbocycles. The van der Waals surface area contributed by atoms with Gasteiger partial charge in [-0.25, -0.2) is 4.98 Å². The summed E-state index contributed by atoms with van der Waals surface area (Å²) in [5.74, 6) is 3.08. The van der Waals surface area contributed by atoms with E-state index in [0.717, 1.165) is 30.3 Å². The lowest BCUT2D eigenvalue weighted by atomic mass is 9.50. The molecule has 3 heteroatoms. The highest BCUT2D eigenvalue weighted by Crippen LogP contribution is 2.61. The molecule has 0 unspecified atom stereocenters. The summed E-state index contributed by atoms with van der Waals surface area (Å²) in [7, 11) is 0. The van der Waals surface area contributed by atoms with Crippen LogP contribution in [0.4, 0.5) is 0 Å². The number of thiazole rings is 1. The van der Waals surface area contributed by atoms with E-state index in [1.54, 1.807) is 0 Å². The molecule has 0 atom stereocenters. The molecule has 5 aliphatic carbocycles. The fraction of sp³-hybridized carbons (Fsp3) is 0.824. The van der Waals surface area contributed by atoms with Crippen molar-refractivity contribution in [1.82, 2.24) is 10.3 Å². The maximum absolute atomic E-state index is 4.88. The van der Waals surface area contributed by atoms with Gasteiger partial charge in [-0.15, -0.1) is 11.3 Å². The second-order valence-electron chi connectivity index (χ2n) is 7.98. The van der Waals surface area contributed by atoms with E-state index in [-0.39, 0.29) is 0 Å². The SMILES string of the molecule is c1nc(C23CC4CC(CC(C4)C2)C3)sc1CNC1CC1. The molecule has 6 rings (SSSR count). The molecule has 0 saturated heterocycles. The Morgan fingerprint density at radius 2 is 1.75 bits per heavy atom. The zero-order chi connectivity index (χ0) is 13.2. The van der Waals surface area contributed by atoms with Crippen LogP contribution in [-0.4, -0.2) is 11.0 Å². The third-order valence-corrected chi connectivity index (χ3v) is 7.43. The summed E-state index contributed by atoms with van der Waals surface area (Å²) in [6.07, 6.45) is 13.8. The van der Waals surface area contributed by atoms with Gasteiger partial charge in [-0.05, 0) is 69.1 Å². The minimum absolute atomic E-state index is 0.497. The van der Waals surface area contributed by atoms with Crippen LogP contribution in [0.1, 0.15) is 61.3 Å². The van der Waals surface area contributed by atoms with E-state index in [2.05, 4.69) is 11.5 Å². The molecule has 0 radical (unpaired) electrons. The molecule has 1 N–H and O–H groups in total. The smallest absolute Gasteiger partial charge is 0.0990 e. The number of hydrogen-bond acceptors (Lipinski definition) is 3. The molecule has 4 bridgehead atoms. The van der Waals surface area contributed by atoms with Crippen molar-refractivity contribution < 1.29 is 0 Å². The van der Waals surface area contributed by atoms with Gasteiger partial charge >= 0.3 is 0 Å². The molecule has 1 aromatic heterocycles. The summed E-state index contributed by atoms with van der Waals surface area (Å²) in [5.41, 5.74) is 0.497. The molecule has 0 aliphatic heterocycles. The summed E-state index contributed by atoms with van der Waals surface area (Å²) in [6, 6.07) is 0.806. The second kappa shape index (κ2) is 4.30. The molecule has 1 aromatic rings. The molecule has 5 aliphatic rings. The van der Waals surface area contributed by atoms with Gasteiger partial charge in [0, 0.05) is 29.1 Å². The molecular formula is C17H24N2S. The number of rotatable bonds is 4. The van der Waals surface area contributed by atoms with Crippen molar-refractivity contribution in [2.24, 2.45) is 17.8 Å². The normalized spacial score (nSPS) is 42.3. The Morgan fingerprint density at radius 1 is 1.10 bits per heavy atom. The Bertz CT molecular complexity index is 482. The van der Waals surface area contributed by atoms with E-state index >= 15 is 0 Å². The fourth-order valence-corrected chi connectivity index (χ4v) is 6.62. The highest BCUT2D eigenvalue weighted by molar-refractivity contribution is 7.11. The number of hydrogen-bond donors (Lipinski definition) is 1. The number of nitrogens with one attached hydrogen (secondary N) is 1. The fourth-order valence-electron chi connectivity index (χ4n) is 5.54. The van der Waals surface area contributed by atoms with E-state index in [4.69, 9.17) is 4.98 Å². The highest BCUT2D eigenvalue weighted by atomic mass is 32.1. The van der Waals surface area contributed by atoms with Crippen molar-refractivity contribution in [3.05, 3.63) is 16.1 Å². The van der Waals surface area contributed by atoms with Gasteiger partial charge in [-0.1, -0.05) is 0 Å². The lowest BCUT2D eigenvalue weighted by molar-refractivity contribution is -0.00527. The van der Waals surface area contributed by atoms with Crippen LogP contribution in [0.25, 0.3) is 0 Å². The zero-order valence-electron chi connectivity index (χ0n) is 12.1. The van der Waals surface area contributed by atoms with Crippen LogP contribution in [0.15, 0.2) is 6.20 Å². The molecule has 1 heterocycles. The Labute approximate surface area is 125 Å². The van der Waals surface area contributed by atoms with Crippen LogP contribution in [0, 0.1) is 17.8 Å². The third-order valence-electron chi connectivity index (χ3n) is 6.19. The number of nitrogens with zero attached hydrogens (tertiary/aromatic N) is 1. The summed E-state index contributed by atoms with van der Waals surface area (Å²) in [4.78, 5) is 6.34. The van der Waals surface area contributed by atoms with Crippen molar-refractivity contribution >= 4 is 11.3 Å². The van der Waals surface area contributed by atoms with Gasteiger partial charge in [0.25, 0.3) is 0 Å². The first-order valence-electron chi connectivity index (χ1n) is 8.48. The number of aromatic nitrogens is 1. The summed E-state index contributed by atoms with van der Waals surface area (Å²) in [6.45, 7) is 1.05. The van der Waals surface area contributed by atoms with Gasteiger partial charge in [-0.3, -0.25) is 0 Å². The van der Waals surface area contributed by atoms with Gasteiger partial charge in [-0.2, -0.15) is 0 Å². The molecule has 5 fully saturated rings. The van der Waals surface area contributed by atoms with Crippen molar-refractivity contribution in [2.75, 3.05) is 0 Å². The van der Waals surface area contributed by atoms with E-state index < -0.39 is 0 Å². The maximum Gasteiger partial charge on any atom is 0.0990 e. The molecule has 0 spiro atoms. The van der Waals surface area contributed by atoms with Crippen LogP contribution in [0.2, 0.25) is 0 Å². The maximum atomic E-state index is 4.88. The molecular weight excluding hydrogens is 264 g/mol. The first kappa shape index (κ1) is 12.2. The summed E-state index contributed by atoms with van der Waals surface area (Å²) < 4.78 is 0. The van der Waals surface area contributed by atoms with E-state index in [0.29, 0.717) is 5.41 Å². The molecule has 20 heavy (non-hydrogen) atoms. The Balaban J connectivity index is 1.38. The highest BCUT2D eigenvalue weighted by Gasteiger charge is 2.52. The Morgan fingerprint density at radius 3 is 2.35 bits per heavy atom. The molecule has 2 nitrogen and oxygen atoms in total. The lowest BCUT2D eigenvalue weighted by Gasteiger charge is -2.56. The monoisotopic (exact) mass is 288 g/mol. The van der Waals surface area contributed by atoms with Crippen molar-refractivity contribution in [3.8, 4) is 0 Å². The topological polar surface area (TPSA) is 24.9 Å². The van der Waals surface area contributed by atoms with Crippen molar-refractivity contribution in [3.63, 3.8) is 0 Å². The van der Waals surface area contributed by atoms with Crippen molar-refractivity contribution in [2.45, 2.75) is 69.4 Å². The van der Waals surface area contributed by atoms with E-state index in [1.807, 2.05) is 11.3 Å². The van der Waals surface area contributed by atoms with E-state index in [9.17, 15) is 0 Å². The lowest BCUT2D eigenvalue weighted by Crippen LogP contribution is -2.48. The van der Waals surface area contributed by atoms with E-state index in [1.165, 1.54) is 61.3 Å². The van der Waals surface area contributed by atoms with Gasteiger partial charge in [0.1, 0.15) is 0 Å². The third kappa shape index (κ3) is 1.97. The van der Waals surface area contributed by atoms with Gasteiger partial charge in [0.2, 0.25) is 0 Å². The van der Waals surface area contributed by atoms with Gasteiger partial charge in [0.05, 0.1) is 5.01 Å². The predicted molar refractivity (Wildman–Crippen MR) is 81.8 cm³/mol. The standard InChI is InChI=1S/C17H24N2S/c1-2-14(1)18-9-15-10-19-16(20-15)17-6-11-3-12(7-17)5-13(4-11)8-17/h10-14,18H,1-9H2.